The molecule has 0 spiro atoms. The number of pyridine rings is 2. The van der Waals surface area contributed by atoms with Crippen LogP contribution in [0.15, 0.2) is 154 Å². The Balaban J connectivity index is -0.000000464. The Bertz CT molecular complexity index is 2920. The van der Waals surface area contributed by atoms with Gasteiger partial charge in [-0.05, 0) is 152 Å². The van der Waals surface area contributed by atoms with E-state index in [-0.39, 0.29) is 62.4 Å². The Hall–Kier alpha value is -0.301. The Morgan fingerprint density at radius 2 is 0.724 bits per heavy atom. The van der Waals surface area contributed by atoms with E-state index >= 15 is 0 Å². The zero-order valence-corrected chi connectivity index (χ0v) is 67.0. The number of rotatable bonds is 12. The molecule has 2 atom stereocenters. The van der Waals surface area contributed by atoms with Crippen molar-refractivity contribution in [3.63, 3.8) is 0 Å². The van der Waals surface area contributed by atoms with E-state index in [0.717, 1.165) is 33.8 Å². The average molecular weight is 1970 g/mol. The van der Waals surface area contributed by atoms with E-state index in [9.17, 15) is 33.7 Å². The number of likely N-dealkylation sites (tertiary alicyclic amines) is 2. The van der Waals surface area contributed by atoms with Crippen molar-refractivity contribution in [2.75, 3.05) is 53.5 Å². The second kappa shape index (κ2) is 49.3. The number of benzene rings is 4. The summed E-state index contributed by atoms with van der Waals surface area (Å²) in [6.45, 7) is 11.9. The van der Waals surface area contributed by atoms with E-state index in [2.05, 4.69) is 146 Å². The number of hydrogen-bond acceptors (Lipinski definition) is 16. The predicted molar refractivity (Wildman–Crippen MR) is 389 cm³/mol. The molecule has 0 bridgehead atoms. The maximum atomic E-state index is 10.5. The van der Waals surface area contributed by atoms with Crippen molar-refractivity contribution in [1.82, 2.24) is 19.8 Å². The Morgan fingerprint density at radius 3 is 0.897 bits per heavy atom. The first-order chi connectivity index (χ1) is 38.8. The number of nitrogens with zero attached hydrogens (tertiary/aromatic N) is 4. The molecule has 4 aromatic carbocycles. The molecule has 0 unspecified atom stereocenters. The molecule has 6 aromatic rings. The van der Waals surface area contributed by atoms with Gasteiger partial charge in [0, 0.05) is 37.6 Å². The fourth-order valence-electron chi connectivity index (χ4n) is 7.25. The molecule has 2 saturated heterocycles. The first kappa shape index (κ1) is 93.1. The second-order valence-electron chi connectivity index (χ2n) is 17.9. The van der Waals surface area contributed by atoms with Crippen molar-refractivity contribution in [2.24, 2.45) is 11.5 Å². The van der Waals surface area contributed by atoms with E-state index in [1.54, 1.807) is 60.9 Å². The van der Waals surface area contributed by atoms with Gasteiger partial charge in [0.05, 0.1) is 32.0 Å². The first-order valence-corrected chi connectivity index (χ1v) is 52.9. The van der Waals surface area contributed by atoms with E-state index in [4.69, 9.17) is 39.2 Å². The molecule has 0 aliphatic carbocycles. The summed E-state index contributed by atoms with van der Waals surface area (Å²) in [7, 11) is -11.1. The third kappa shape index (κ3) is 41.9. The van der Waals surface area contributed by atoms with Gasteiger partial charge in [0.25, 0.3) is 40.5 Å². The van der Waals surface area contributed by atoms with Crippen LogP contribution in [0.2, 0.25) is 0 Å². The molecule has 87 heavy (non-hydrogen) atoms. The molecule has 4 heterocycles. The topological polar surface area (TPSA) is 383 Å². The van der Waals surface area contributed by atoms with Gasteiger partial charge in [0.15, 0.2) is 0 Å². The molecule has 35 heteroatoms. The van der Waals surface area contributed by atoms with Crippen LogP contribution in [-0.2, 0) is 54.9 Å². The van der Waals surface area contributed by atoms with E-state index in [1.165, 1.54) is 98.4 Å². The van der Waals surface area contributed by atoms with Crippen molar-refractivity contribution in [3.8, 4) is 11.5 Å². The Morgan fingerprint density at radius 1 is 0.506 bits per heavy atom. The predicted octanol–water partition coefficient (Wildman–Crippen LogP) is 10.3. The molecule has 22 nitrogen and oxygen atoms in total. The van der Waals surface area contributed by atoms with Crippen LogP contribution >= 0.6 is 127 Å². The van der Waals surface area contributed by atoms with Crippen LogP contribution < -0.4 is 20.9 Å². The van der Waals surface area contributed by atoms with E-state index in [0.29, 0.717) is 47.9 Å². The summed E-state index contributed by atoms with van der Waals surface area (Å²) in [5.41, 5.74) is 17.1. The third-order valence-corrected chi connectivity index (χ3v) is 14.8. The molecule has 8 rings (SSSR count). The molecule has 2 aliphatic heterocycles. The minimum absolute atomic E-state index is 0. The summed E-state index contributed by atoms with van der Waals surface area (Å²) in [6, 6.07) is 29.1. The summed E-state index contributed by atoms with van der Waals surface area (Å²) in [5.74, 6) is 1.64. The zero-order chi connectivity index (χ0) is 63.0. The molecular formula is C52H78I5N6O16S6V2. The van der Waals surface area contributed by atoms with Gasteiger partial charge < -0.3 is 31.9 Å². The number of aryl methyl sites for hydroxylation is 4. The van der Waals surface area contributed by atoms with Crippen LogP contribution in [0.4, 0.5) is 0 Å². The van der Waals surface area contributed by atoms with Gasteiger partial charge in [0.1, 0.15) is 24.7 Å². The van der Waals surface area contributed by atoms with Crippen molar-refractivity contribution in [2.45, 2.75) is 85.0 Å². The fraction of sp³-hybridized carbons (Fsp3) is 0.346. The van der Waals surface area contributed by atoms with Crippen molar-refractivity contribution in [1.29, 1.82) is 0 Å². The standard InChI is InChI=1S/2C12H19N3O.4C7H8O3S.5HI.2H2O.2H2S.2V/c2*1-15-5-2-3-12(15)10-7-11(9-14-8-10)16-6-4-13;4*1-6-2-4-7(5-3-6)11(8,9)10;;;;;;;;;;;/h2*7-9,12H,2-6,13H2,1H3;4*2-5H,1H3,(H,8,9,10);5*1H;4*1H2;;/q;;;;;;;;;;;;;;;+2;+3/p-5/t2*12-;;;;;;;;;;;;;;;/m00.............../s1. The van der Waals surface area contributed by atoms with Crippen LogP contribution in [0.25, 0.3) is 0 Å². The van der Waals surface area contributed by atoms with Crippen LogP contribution in [0, 0.1) is 27.7 Å². The van der Waals surface area contributed by atoms with E-state index in [1.807, 2.05) is 40.1 Å². The van der Waals surface area contributed by atoms with Crippen LogP contribution in [0.1, 0.15) is 71.1 Å². The first-order valence-electron chi connectivity index (χ1n) is 24.6. The molecular weight excluding hydrogens is 1890 g/mol. The minimum atomic E-state index is -4.02. The van der Waals surface area contributed by atoms with Gasteiger partial charge in [-0.2, -0.15) is 60.7 Å². The van der Waals surface area contributed by atoms with Crippen LogP contribution in [-0.4, -0.2) is 136 Å². The normalized spacial score (nSPS) is 14.2. The summed E-state index contributed by atoms with van der Waals surface area (Å²) >= 11 is 12.1. The van der Waals surface area contributed by atoms with Crippen LogP contribution in [0.3, 0.4) is 0 Å². The molecule has 2 aliphatic rings. The fourth-order valence-corrected chi connectivity index (χ4v) is 9.17. The van der Waals surface area contributed by atoms with Crippen molar-refractivity contribution >= 4 is 167 Å². The summed E-state index contributed by atoms with van der Waals surface area (Å²) in [6.07, 6.45) is 12.3. The van der Waals surface area contributed by atoms with Gasteiger partial charge in [-0.25, -0.2) is 0 Å². The van der Waals surface area contributed by atoms with Gasteiger partial charge in [-0.15, -0.1) is 0 Å². The molecule has 0 amide bonds. The quantitative estimate of drug-likeness (QED) is 0.0490. The zero-order valence-electron chi connectivity index (χ0n) is 48.2. The maximum absolute atomic E-state index is 10.5. The number of halogens is 5. The molecule has 2 aromatic heterocycles. The van der Waals surface area contributed by atoms with Crippen LogP contribution in [0.5, 0.6) is 11.5 Å². The third-order valence-electron chi connectivity index (χ3n) is 11.3. The number of aromatic nitrogens is 2. The summed E-state index contributed by atoms with van der Waals surface area (Å²) < 4.78 is 129. The number of nitrogens with two attached hydrogens (primary N) is 2. The molecule has 0 saturated carbocycles. The Labute approximate surface area is 594 Å². The summed E-state index contributed by atoms with van der Waals surface area (Å²) in [4.78, 5) is 12.6. The van der Waals surface area contributed by atoms with Gasteiger partial charge >= 0.3 is 114 Å². The number of ether oxygens (including phenoxy) is 2. The van der Waals surface area contributed by atoms with Crippen molar-refractivity contribution < 1.29 is 86.7 Å². The monoisotopic (exact) mass is 1970 g/mol. The average Bonchev–Trinajstić information content (AvgIpc) is 4.34. The summed E-state index contributed by atoms with van der Waals surface area (Å²) in [5, 5.41) is 0. The van der Waals surface area contributed by atoms with E-state index < -0.39 is 40.5 Å². The van der Waals surface area contributed by atoms with Crippen molar-refractivity contribution in [3.05, 3.63) is 167 Å². The number of hydrogen-bond donors (Lipinski definition) is 6. The molecule has 12 N–H and O–H groups in total. The molecule has 2 fully saturated rings. The molecule has 0 radical (unpaired) electrons. The van der Waals surface area contributed by atoms with Gasteiger partial charge in [-0.3, -0.25) is 38.0 Å². The SMILES string of the molecule is CN1CCC[C@H]1c1cncc(OCCN)c1.CN1CCC[C@H]1c1cncc(OCCN)c1.Cc1ccc(S(=O)(=O)O)cc1.Cc1ccc(S(=O)(=O)O)cc1.Cc1ccc(S(=O)(=O)O)cc1.Cc1ccc(S(=O)(=O)O)cc1.O.O.S.S.[I][V]([I])[I].[I][V][I]. The van der Waals surface area contributed by atoms with Gasteiger partial charge in [0.2, 0.25) is 0 Å². The molecule has 493 valence electrons. The Kier molecular flexibility index (Phi) is 52.7. The second-order valence-corrected chi connectivity index (χ2v) is 70.7. The van der Waals surface area contributed by atoms with Gasteiger partial charge in [-0.1, -0.05) is 70.8 Å².